The molecular formula is C15H19BrN4. The minimum Gasteiger partial charge on any atom is -0.357 e. The molecule has 0 aliphatic rings. The number of aromatic nitrogens is 2. The Balaban J connectivity index is 2.09. The van der Waals surface area contributed by atoms with Crippen molar-refractivity contribution in [1.29, 1.82) is 0 Å². The van der Waals surface area contributed by atoms with Crippen molar-refractivity contribution in [2.45, 2.75) is 26.2 Å². The Morgan fingerprint density at radius 2 is 1.95 bits per heavy atom. The van der Waals surface area contributed by atoms with E-state index in [4.69, 9.17) is 0 Å². The molecule has 2 rings (SSSR count). The van der Waals surface area contributed by atoms with Crippen LogP contribution in [0.5, 0.6) is 0 Å². The lowest BCUT2D eigenvalue weighted by Crippen LogP contribution is -2.01. The molecule has 0 aliphatic carbocycles. The van der Waals surface area contributed by atoms with E-state index >= 15 is 0 Å². The molecule has 1 aromatic heterocycles. The van der Waals surface area contributed by atoms with Gasteiger partial charge in [-0.2, -0.15) is 4.98 Å². The first-order valence-corrected chi connectivity index (χ1v) is 7.58. The van der Waals surface area contributed by atoms with E-state index in [0.29, 0.717) is 5.95 Å². The quantitative estimate of drug-likeness (QED) is 0.823. The Labute approximate surface area is 128 Å². The summed E-state index contributed by atoms with van der Waals surface area (Å²) in [6.07, 6.45) is 5.32. The van der Waals surface area contributed by atoms with E-state index in [1.165, 1.54) is 18.4 Å². The van der Waals surface area contributed by atoms with Crippen LogP contribution < -0.4 is 10.6 Å². The van der Waals surface area contributed by atoms with E-state index in [0.717, 1.165) is 22.4 Å². The molecule has 0 spiro atoms. The summed E-state index contributed by atoms with van der Waals surface area (Å²) >= 11 is 3.45. The molecule has 0 bridgehead atoms. The molecule has 1 aromatic carbocycles. The molecule has 0 saturated carbocycles. The van der Waals surface area contributed by atoms with Gasteiger partial charge in [0.15, 0.2) is 0 Å². The lowest BCUT2D eigenvalue weighted by atomic mass is 10.1. The fourth-order valence-corrected chi connectivity index (χ4v) is 2.14. The van der Waals surface area contributed by atoms with Crippen molar-refractivity contribution >= 4 is 33.4 Å². The Hall–Kier alpha value is -1.62. The highest BCUT2D eigenvalue weighted by Gasteiger charge is 2.04. The van der Waals surface area contributed by atoms with Crippen molar-refractivity contribution in [3.8, 4) is 0 Å². The average Bonchev–Trinajstić information content (AvgIpc) is 2.49. The van der Waals surface area contributed by atoms with E-state index in [-0.39, 0.29) is 0 Å². The third-order valence-electron chi connectivity index (χ3n) is 3.00. The zero-order valence-corrected chi connectivity index (χ0v) is 13.4. The van der Waals surface area contributed by atoms with Gasteiger partial charge in [-0.25, -0.2) is 4.98 Å². The molecule has 5 heteroatoms. The number of rotatable bonds is 6. The predicted octanol–water partition coefficient (Wildman–Crippen LogP) is 4.37. The molecule has 106 valence electrons. The number of nitrogens with zero attached hydrogens (tertiary/aromatic N) is 2. The fraction of sp³-hybridized carbons (Fsp3) is 0.333. The largest absolute Gasteiger partial charge is 0.357 e. The molecule has 1 heterocycles. The van der Waals surface area contributed by atoms with Gasteiger partial charge in [0.25, 0.3) is 0 Å². The monoisotopic (exact) mass is 334 g/mol. The third kappa shape index (κ3) is 3.93. The molecular weight excluding hydrogens is 316 g/mol. The minimum absolute atomic E-state index is 0.593. The van der Waals surface area contributed by atoms with E-state index in [1.54, 1.807) is 13.2 Å². The number of benzene rings is 1. The Morgan fingerprint density at radius 1 is 1.20 bits per heavy atom. The first kappa shape index (κ1) is 14.8. The molecule has 0 aliphatic heterocycles. The molecule has 2 N–H and O–H groups in total. The first-order chi connectivity index (χ1) is 9.72. The highest BCUT2D eigenvalue weighted by Crippen LogP contribution is 2.24. The van der Waals surface area contributed by atoms with Crippen LogP contribution in [0.1, 0.15) is 25.3 Å². The number of anilines is 3. The van der Waals surface area contributed by atoms with Gasteiger partial charge in [-0.1, -0.05) is 25.5 Å². The van der Waals surface area contributed by atoms with Crippen molar-refractivity contribution in [3.05, 3.63) is 40.5 Å². The molecule has 20 heavy (non-hydrogen) atoms. The topological polar surface area (TPSA) is 49.8 Å². The number of unbranched alkanes of at least 4 members (excludes halogenated alkanes) is 1. The van der Waals surface area contributed by atoms with E-state index in [2.05, 4.69) is 67.7 Å². The maximum atomic E-state index is 4.38. The standard InChI is InChI=1S/C15H19BrN4/c1-3-4-5-11-6-8-12(9-7-11)19-14-13(16)10-18-15(17-2)20-14/h6-10H,3-5H2,1-2H3,(H2,17,18,19,20). The second-order valence-corrected chi connectivity index (χ2v) is 5.42. The summed E-state index contributed by atoms with van der Waals surface area (Å²) in [6, 6.07) is 8.48. The zero-order chi connectivity index (χ0) is 14.4. The second kappa shape index (κ2) is 7.24. The number of hydrogen-bond acceptors (Lipinski definition) is 4. The summed E-state index contributed by atoms with van der Waals surface area (Å²) in [6.45, 7) is 2.21. The summed E-state index contributed by atoms with van der Waals surface area (Å²) in [5, 5.41) is 6.22. The Kier molecular flexibility index (Phi) is 5.35. The van der Waals surface area contributed by atoms with Crippen molar-refractivity contribution < 1.29 is 0 Å². The SMILES string of the molecule is CCCCc1ccc(Nc2nc(NC)ncc2Br)cc1. The van der Waals surface area contributed by atoms with Crippen LogP contribution in [0.15, 0.2) is 34.9 Å². The molecule has 4 nitrogen and oxygen atoms in total. The van der Waals surface area contributed by atoms with Crippen LogP contribution in [0.3, 0.4) is 0 Å². The molecule has 0 fully saturated rings. The van der Waals surface area contributed by atoms with Crippen LogP contribution in [0.25, 0.3) is 0 Å². The average molecular weight is 335 g/mol. The van der Waals surface area contributed by atoms with Gasteiger partial charge < -0.3 is 10.6 Å². The van der Waals surface area contributed by atoms with Crippen LogP contribution in [-0.4, -0.2) is 17.0 Å². The molecule has 0 saturated heterocycles. The number of halogens is 1. The number of nitrogens with one attached hydrogen (secondary N) is 2. The molecule has 0 amide bonds. The van der Waals surface area contributed by atoms with Crippen molar-refractivity contribution in [2.24, 2.45) is 0 Å². The predicted molar refractivity (Wildman–Crippen MR) is 87.6 cm³/mol. The highest BCUT2D eigenvalue weighted by atomic mass is 79.9. The van der Waals surface area contributed by atoms with Gasteiger partial charge in [-0.05, 0) is 46.5 Å². The van der Waals surface area contributed by atoms with Gasteiger partial charge in [0, 0.05) is 18.9 Å². The lowest BCUT2D eigenvalue weighted by molar-refractivity contribution is 0.795. The van der Waals surface area contributed by atoms with Crippen molar-refractivity contribution in [3.63, 3.8) is 0 Å². The summed E-state index contributed by atoms with van der Waals surface area (Å²) < 4.78 is 0.839. The van der Waals surface area contributed by atoms with Gasteiger partial charge in [0.05, 0.1) is 4.47 Å². The van der Waals surface area contributed by atoms with Crippen molar-refractivity contribution in [2.75, 3.05) is 17.7 Å². The fourth-order valence-electron chi connectivity index (χ4n) is 1.85. The van der Waals surface area contributed by atoms with Gasteiger partial charge in [0.2, 0.25) is 5.95 Å². The maximum absolute atomic E-state index is 4.38. The normalized spacial score (nSPS) is 10.3. The lowest BCUT2D eigenvalue weighted by Gasteiger charge is -2.09. The number of hydrogen-bond donors (Lipinski definition) is 2. The van der Waals surface area contributed by atoms with Gasteiger partial charge >= 0.3 is 0 Å². The summed E-state index contributed by atoms with van der Waals surface area (Å²) in [5.74, 6) is 1.35. The summed E-state index contributed by atoms with van der Waals surface area (Å²) in [7, 11) is 1.80. The summed E-state index contributed by atoms with van der Waals surface area (Å²) in [4.78, 5) is 8.52. The highest BCUT2D eigenvalue weighted by molar-refractivity contribution is 9.10. The van der Waals surface area contributed by atoms with Crippen LogP contribution in [0.4, 0.5) is 17.5 Å². The first-order valence-electron chi connectivity index (χ1n) is 6.79. The smallest absolute Gasteiger partial charge is 0.224 e. The Bertz CT molecular complexity index is 554. The van der Waals surface area contributed by atoms with Crippen LogP contribution >= 0.6 is 15.9 Å². The van der Waals surface area contributed by atoms with Crippen LogP contribution in [-0.2, 0) is 6.42 Å². The van der Waals surface area contributed by atoms with E-state index in [9.17, 15) is 0 Å². The zero-order valence-electron chi connectivity index (χ0n) is 11.8. The van der Waals surface area contributed by atoms with Gasteiger partial charge in [-0.15, -0.1) is 0 Å². The molecule has 0 atom stereocenters. The molecule has 2 aromatic rings. The van der Waals surface area contributed by atoms with Gasteiger partial charge in [0.1, 0.15) is 5.82 Å². The van der Waals surface area contributed by atoms with Crippen LogP contribution in [0, 0.1) is 0 Å². The summed E-state index contributed by atoms with van der Waals surface area (Å²) in [5.41, 5.74) is 2.39. The third-order valence-corrected chi connectivity index (χ3v) is 3.58. The second-order valence-electron chi connectivity index (χ2n) is 4.57. The molecule has 0 radical (unpaired) electrons. The number of aryl methyl sites for hydroxylation is 1. The molecule has 0 unspecified atom stereocenters. The van der Waals surface area contributed by atoms with E-state index < -0.39 is 0 Å². The van der Waals surface area contributed by atoms with Crippen molar-refractivity contribution in [1.82, 2.24) is 9.97 Å². The van der Waals surface area contributed by atoms with Gasteiger partial charge in [-0.3, -0.25) is 0 Å². The van der Waals surface area contributed by atoms with E-state index in [1.807, 2.05) is 0 Å². The minimum atomic E-state index is 0.593. The van der Waals surface area contributed by atoms with Crippen LogP contribution in [0.2, 0.25) is 0 Å². The Morgan fingerprint density at radius 3 is 2.60 bits per heavy atom. The maximum Gasteiger partial charge on any atom is 0.224 e.